The van der Waals surface area contributed by atoms with E-state index in [2.05, 4.69) is 15.9 Å². The van der Waals surface area contributed by atoms with Gasteiger partial charge in [0.2, 0.25) is 0 Å². The van der Waals surface area contributed by atoms with Crippen LogP contribution in [0.25, 0.3) is 10.8 Å². The van der Waals surface area contributed by atoms with Gasteiger partial charge in [0.05, 0.1) is 9.86 Å². The van der Waals surface area contributed by atoms with Crippen LogP contribution in [0.2, 0.25) is 0 Å². The first-order valence-electron chi connectivity index (χ1n) is 4.65. The van der Waals surface area contributed by atoms with Gasteiger partial charge in [0.1, 0.15) is 5.75 Å². The van der Waals surface area contributed by atoms with E-state index < -0.39 is 0 Å². The van der Waals surface area contributed by atoms with Crippen molar-refractivity contribution in [2.24, 2.45) is 0 Å². The number of aryl methyl sites for hydroxylation is 1. The highest BCUT2D eigenvalue weighted by Gasteiger charge is 2.08. The molecule has 4 heteroatoms. The second-order valence-corrected chi connectivity index (χ2v) is 4.06. The van der Waals surface area contributed by atoms with E-state index >= 15 is 0 Å². The molecule has 0 atom stereocenters. The fourth-order valence-electron chi connectivity index (χ4n) is 1.57. The molecule has 0 aliphatic heterocycles. The first-order chi connectivity index (χ1) is 7.15. The Morgan fingerprint density at radius 1 is 1.40 bits per heavy atom. The number of benzene rings is 1. The molecule has 15 heavy (non-hydrogen) atoms. The molecule has 0 amide bonds. The number of hydrogen-bond donors (Lipinski definition) is 1. The van der Waals surface area contributed by atoms with Crippen molar-refractivity contribution >= 4 is 26.7 Å². The fraction of sp³-hybridized carbons (Fsp3) is 0.182. The topological polar surface area (TPSA) is 42.2 Å². The van der Waals surface area contributed by atoms with E-state index in [-0.39, 0.29) is 11.3 Å². The predicted octanol–water partition coefficient (Wildman–Crippen LogP) is 2.49. The molecule has 1 aromatic heterocycles. The average Bonchev–Trinajstić information content (AvgIpc) is 2.24. The van der Waals surface area contributed by atoms with Crippen molar-refractivity contribution < 1.29 is 5.11 Å². The van der Waals surface area contributed by atoms with Crippen LogP contribution in [-0.4, -0.2) is 9.67 Å². The maximum Gasteiger partial charge on any atom is 0.259 e. The number of aromatic nitrogens is 1. The van der Waals surface area contributed by atoms with E-state index in [0.717, 1.165) is 5.39 Å². The van der Waals surface area contributed by atoms with Gasteiger partial charge in [-0.3, -0.25) is 4.79 Å². The van der Waals surface area contributed by atoms with Gasteiger partial charge in [-0.25, -0.2) is 0 Å². The summed E-state index contributed by atoms with van der Waals surface area (Å²) in [6.45, 7) is 2.53. The number of hydrogen-bond acceptors (Lipinski definition) is 2. The molecule has 0 saturated carbocycles. The smallest absolute Gasteiger partial charge is 0.259 e. The summed E-state index contributed by atoms with van der Waals surface area (Å²) in [4.78, 5) is 12.0. The zero-order chi connectivity index (χ0) is 11.0. The van der Waals surface area contributed by atoms with Gasteiger partial charge in [-0.1, -0.05) is 6.07 Å². The van der Waals surface area contributed by atoms with E-state index in [0.29, 0.717) is 16.4 Å². The minimum Gasteiger partial charge on any atom is -0.507 e. The molecule has 2 aromatic rings. The predicted molar refractivity (Wildman–Crippen MR) is 63.2 cm³/mol. The Morgan fingerprint density at radius 2 is 2.13 bits per heavy atom. The summed E-state index contributed by atoms with van der Waals surface area (Å²) in [7, 11) is 0. The molecule has 2 rings (SSSR count). The number of aromatic hydroxyl groups is 1. The standard InChI is InChI=1S/C11H10BrNO2/c1-2-13-6-5-7-3-4-8(14)10(12)9(7)11(13)15/h3-6,14H,2H2,1H3. The Kier molecular flexibility index (Phi) is 2.52. The summed E-state index contributed by atoms with van der Waals surface area (Å²) >= 11 is 3.23. The third-order valence-electron chi connectivity index (χ3n) is 2.40. The lowest BCUT2D eigenvalue weighted by Gasteiger charge is -2.06. The van der Waals surface area contributed by atoms with Gasteiger partial charge in [0.25, 0.3) is 5.56 Å². The van der Waals surface area contributed by atoms with E-state index in [1.54, 1.807) is 22.9 Å². The molecule has 0 aliphatic rings. The van der Waals surface area contributed by atoms with Crippen molar-refractivity contribution in [3.05, 3.63) is 39.2 Å². The van der Waals surface area contributed by atoms with Gasteiger partial charge in [-0.15, -0.1) is 0 Å². The molecule has 0 radical (unpaired) electrons. The zero-order valence-electron chi connectivity index (χ0n) is 8.20. The van der Waals surface area contributed by atoms with Gasteiger partial charge >= 0.3 is 0 Å². The van der Waals surface area contributed by atoms with Crippen LogP contribution < -0.4 is 5.56 Å². The normalized spacial score (nSPS) is 10.8. The molecule has 1 aromatic carbocycles. The van der Waals surface area contributed by atoms with E-state index in [4.69, 9.17) is 0 Å². The van der Waals surface area contributed by atoms with Crippen LogP contribution in [0.15, 0.2) is 33.7 Å². The van der Waals surface area contributed by atoms with Crippen LogP contribution in [0.5, 0.6) is 5.75 Å². The van der Waals surface area contributed by atoms with Crippen LogP contribution >= 0.6 is 15.9 Å². The molecule has 0 unspecified atom stereocenters. The van der Waals surface area contributed by atoms with Crippen molar-refractivity contribution in [1.29, 1.82) is 0 Å². The highest BCUT2D eigenvalue weighted by molar-refractivity contribution is 9.10. The summed E-state index contributed by atoms with van der Waals surface area (Å²) in [6.07, 6.45) is 1.76. The maximum absolute atomic E-state index is 12.0. The summed E-state index contributed by atoms with van der Waals surface area (Å²) in [5.41, 5.74) is -0.0854. The zero-order valence-corrected chi connectivity index (χ0v) is 9.78. The number of pyridine rings is 1. The van der Waals surface area contributed by atoms with Crippen LogP contribution in [-0.2, 0) is 6.54 Å². The first kappa shape index (κ1) is 10.2. The van der Waals surface area contributed by atoms with Gasteiger partial charge in [-0.05, 0) is 40.4 Å². The van der Waals surface area contributed by atoms with E-state index in [9.17, 15) is 9.90 Å². The second-order valence-electron chi connectivity index (χ2n) is 3.27. The fourth-order valence-corrected chi connectivity index (χ4v) is 2.10. The Bertz CT molecular complexity index is 575. The Morgan fingerprint density at radius 3 is 2.80 bits per heavy atom. The molecular weight excluding hydrogens is 258 g/mol. The summed E-state index contributed by atoms with van der Waals surface area (Å²) in [5, 5.41) is 10.9. The molecule has 0 saturated heterocycles. The highest BCUT2D eigenvalue weighted by Crippen LogP contribution is 2.29. The lowest BCUT2D eigenvalue weighted by Crippen LogP contribution is -2.18. The number of halogens is 1. The molecule has 1 heterocycles. The Balaban J connectivity index is 2.96. The lowest BCUT2D eigenvalue weighted by atomic mass is 10.1. The number of phenolic OH excluding ortho intramolecular Hbond substituents is 1. The van der Waals surface area contributed by atoms with Gasteiger partial charge in [0.15, 0.2) is 0 Å². The quantitative estimate of drug-likeness (QED) is 0.863. The van der Waals surface area contributed by atoms with Gasteiger partial charge in [0, 0.05) is 12.7 Å². The van der Waals surface area contributed by atoms with Crippen LogP contribution in [0, 0.1) is 0 Å². The number of phenols is 1. The average molecular weight is 268 g/mol. The first-order valence-corrected chi connectivity index (χ1v) is 5.45. The molecule has 0 spiro atoms. The van der Waals surface area contributed by atoms with Crippen molar-refractivity contribution in [3.63, 3.8) is 0 Å². The number of fused-ring (bicyclic) bond motifs is 1. The molecule has 0 fully saturated rings. The van der Waals surface area contributed by atoms with E-state index in [1.165, 1.54) is 0 Å². The van der Waals surface area contributed by atoms with Crippen molar-refractivity contribution in [2.75, 3.05) is 0 Å². The second kappa shape index (κ2) is 3.70. The third kappa shape index (κ3) is 1.55. The minimum atomic E-state index is -0.0854. The molecule has 0 aliphatic carbocycles. The monoisotopic (exact) mass is 267 g/mol. The molecule has 78 valence electrons. The Labute approximate surface area is 95.1 Å². The minimum absolute atomic E-state index is 0.0854. The van der Waals surface area contributed by atoms with E-state index in [1.807, 2.05) is 13.0 Å². The van der Waals surface area contributed by atoms with Crippen LogP contribution in [0.4, 0.5) is 0 Å². The summed E-state index contributed by atoms with van der Waals surface area (Å²) in [5.74, 6) is 0.0912. The van der Waals surface area contributed by atoms with Gasteiger partial charge < -0.3 is 9.67 Å². The molecule has 3 nitrogen and oxygen atoms in total. The summed E-state index contributed by atoms with van der Waals surface area (Å²) in [6, 6.07) is 5.17. The summed E-state index contributed by atoms with van der Waals surface area (Å²) < 4.78 is 2.07. The lowest BCUT2D eigenvalue weighted by molar-refractivity contribution is 0.473. The molecule has 1 N–H and O–H groups in total. The molecular formula is C11H10BrNO2. The van der Waals surface area contributed by atoms with Crippen molar-refractivity contribution in [2.45, 2.75) is 13.5 Å². The SMILES string of the molecule is CCn1ccc2ccc(O)c(Br)c2c1=O. The number of rotatable bonds is 1. The Hall–Kier alpha value is -1.29. The van der Waals surface area contributed by atoms with Crippen molar-refractivity contribution in [1.82, 2.24) is 4.57 Å². The largest absolute Gasteiger partial charge is 0.507 e. The van der Waals surface area contributed by atoms with Gasteiger partial charge in [-0.2, -0.15) is 0 Å². The van der Waals surface area contributed by atoms with Crippen LogP contribution in [0.3, 0.4) is 0 Å². The highest BCUT2D eigenvalue weighted by atomic mass is 79.9. The third-order valence-corrected chi connectivity index (χ3v) is 3.21. The van der Waals surface area contributed by atoms with Crippen molar-refractivity contribution in [3.8, 4) is 5.75 Å². The van der Waals surface area contributed by atoms with Crippen LogP contribution in [0.1, 0.15) is 6.92 Å². The maximum atomic E-state index is 12.0. The number of nitrogens with zero attached hydrogens (tertiary/aromatic N) is 1. The molecule has 0 bridgehead atoms.